The van der Waals surface area contributed by atoms with E-state index in [1.54, 1.807) is 30.3 Å². The minimum absolute atomic E-state index is 0.0139. The molecule has 6 heteroatoms. The number of nitrogens with one attached hydrogen (secondary N) is 1. The Balaban J connectivity index is 2.09. The van der Waals surface area contributed by atoms with E-state index < -0.39 is 0 Å². The summed E-state index contributed by atoms with van der Waals surface area (Å²) in [5, 5.41) is 13.0. The Hall–Kier alpha value is -1.91. The fourth-order valence-corrected chi connectivity index (χ4v) is 2.40. The number of aromatic hydroxyl groups is 1. The Morgan fingerprint density at radius 2 is 1.90 bits per heavy atom. The van der Waals surface area contributed by atoms with Crippen molar-refractivity contribution >= 4 is 29.1 Å². The standard InChI is InChI=1S/C15H13Cl2NO3/c1-21-13-6-5-9(7-12(13)19)8-18-15(20)14-10(16)3-2-4-11(14)17/h2-7,19H,8H2,1H3,(H,18,20). The normalized spacial score (nSPS) is 10.2. The molecular weight excluding hydrogens is 313 g/mol. The molecule has 21 heavy (non-hydrogen) atoms. The van der Waals surface area contributed by atoms with Gasteiger partial charge in [-0.3, -0.25) is 4.79 Å². The molecule has 0 unspecified atom stereocenters. The van der Waals surface area contributed by atoms with Gasteiger partial charge in [0.05, 0.1) is 22.7 Å². The molecule has 0 aliphatic rings. The third kappa shape index (κ3) is 3.60. The maximum absolute atomic E-state index is 12.1. The minimum atomic E-state index is -0.374. The predicted octanol–water partition coefficient (Wildman–Crippen LogP) is 3.64. The highest BCUT2D eigenvalue weighted by atomic mass is 35.5. The van der Waals surface area contributed by atoms with Crippen LogP contribution in [0.25, 0.3) is 0 Å². The minimum Gasteiger partial charge on any atom is -0.504 e. The van der Waals surface area contributed by atoms with E-state index >= 15 is 0 Å². The molecule has 2 aromatic carbocycles. The molecule has 1 amide bonds. The fraction of sp³-hybridized carbons (Fsp3) is 0.133. The summed E-state index contributed by atoms with van der Waals surface area (Å²) in [5.41, 5.74) is 0.961. The highest BCUT2D eigenvalue weighted by Gasteiger charge is 2.14. The molecule has 110 valence electrons. The summed E-state index contributed by atoms with van der Waals surface area (Å²) in [6, 6.07) is 9.76. The largest absolute Gasteiger partial charge is 0.504 e. The third-order valence-electron chi connectivity index (χ3n) is 2.89. The smallest absolute Gasteiger partial charge is 0.254 e. The van der Waals surface area contributed by atoms with Gasteiger partial charge in [-0.2, -0.15) is 0 Å². The van der Waals surface area contributed by atoms with Crippen molar-refractivity contribution in [2.75, 3.05) is 7.11 Å². The van der Waals surface area contributed by atoms with Gasteiger partial charge in [0.15, 0.2) is 11.5 Å². The molecule has 0 aromatic heterocycles. The van der Waals surface area contributed by atoms with E-state index in [2.05, 4.69) is 5.32 Å². The van der Waals surface area contributed by atoms with Crippen LogP contribution in [0.1, 0.15) is 15.9 Å². The molecule has 0 saturated heterocycles. The van der Waals surface area contributed by atoms with Gasteiger partial charge in [0.1, 0.15) is 0 Å². The summed E-state index contributed by atoms with van der Waals surface area (Å²) in [5.74, 6) is 0.0140. The van der Waals surface area contributed by atoms with Crippen molar-refractivity contribution in [1.29, 1.82) is 0 Å². The molecule has 0 radical (unpaired) electrons. The zero-order valence-electron chi connectivity index (χ0n) is 11.2. The second kappa shape index (κ2) is 6.70. The average Bonchev–Trinajstić information content (AvgIpc) is 2.45. The molecule has 0 saturated carbocycles. The van der Waals surface area contributed by atoms with Crippen LogP contribution in [-0.4, -0.2) is 18.1 Å². The first kappa shape index (κ1) is 15.5. The molecule has 0 aliphatic heterocycles. The lowest BCUT2D eigenvalue weighted by Gasteiger charge is -2.10. The zero-order chi connectivity index (χ0) is 15.4. The number of ether oxygens (including phenoxy) is 1. The molecule has 2 N–H and O–H groups in total. The fourth-order valence-electron chi connectivity index (χ4n) is 1.83. The van der Waals surface area contributed by atoms with Gasteiger partial charge in [-0.25, -0.2) is 0 Å². The SMILES string of the molecule is COc1ccc(CNC(=O)c2c(Cl)cccc2Cl)cc1O. The van der Waals surface area contributed by atoms with Crippen molar-refractivity contribution in [3.05, 3.63) is 57.6 Å². The zero-order valence-corrected chi connectivity index (χ0v) is 12.7. The number of rotatable bonds is 4. The summed E-state index contributed by atoms with van der Waals surface area (Å²) in [6.07, 6.45) is 0. The number of benzene rings is 2. The molecule has 0 bridgehead atoms. The van der Waals surface area contributed by atoms with Crippen molar-refractivity contribution in [3.8, 4) is 11.5 Å². The van der Waals surface area contributed by atoms with E-state index in [-0.39, 0.29) is 33.8 Å². The van der Waals surface area contributed by atoms with Crippen LogP contribution >= 0.6 is 23.2 Å². The van der Waals surface area contributed by atoms with Crippen LogP contribution in [0.15, 0.2) is 36.4 Å². The van der Waals surface area contributed by atoms with Gasteiger partial charge in [0.2, 0.25) is 0 Å². The molecule has 0 spiro atoms. The van der Waals surface area contributed by atoms with Gasteiger partial charge in [0.25, 0.3) is 5.91 Å². The summed E-state index contributed by atoms with van der Waals surface area (Å²) in [4.78, 5) is 12.1. The summed E-state index contributed by atoms with van der Waals surface area (Å²) in [7, 11) is 1.47. The Bertz CT molecular complexity index is 654. The molecule has 2 aromatic rings. The average molecular weight is 326 g/mol. The van der Waals surface area contributed by atoms with Gasteiger partial charge in [0, 0.05) is 6.54 Å². The second-order valence-electron chi connectivity index (χ2n) is 4.29. The van der Waals surface area contributed by atoms with E-state index in [0.29, 0.717) is 5.75 Å². The van der Waals surface area contributed by atoms with E-state index in [1.165, 1.54) is 13.2 Å². The maximum atomic E-state index is 12.1. The van der Waals surface area contributed by atoms with Crippen molar-refractivity contribution in [1.82, 2.24) is 5.32 Å². The quantitative estimate of drug-likeness (QED) is 0.902. The number of carbonyl (C=O) groups excluding carboxylic acids is 1. The molecule has 0 heterocycles. The van der Waals surface area contributed by atoms with Crippen molar-refractivity contribution in [2.45, 2.75) is 6.54 Å². The van der Waals surface area contributed by atoms with E-state index in [9.17, 15) is 9.90 Å². The lowest BCUT2D eigenvalue weighted by Crippen LogP contribution is -2.23. The van der Waals surface area contributed by atoms with Crippen LogP contribution in [0.2, 0.25) is 10.0 Å². The molecule has 4 nitrogen and oxygen atoms in total. The third-order valence-corrected chi connectivity index (χ3v) is 3.52. The molecule has 0 fully saturated rings. The highest BCUT2D eigenvalue weighted by molar-refractivity contribution is 6.39. The number of halogens is 2. The van der Waals surface area contributed by atoms with E-state index in [1.807, 2.05) is 0 Å². The Kier molecular flexibility index (Phi) is 4.94. The van der Waals surface area contributed by atoms with Crippen LogP contribution < -0.4 is 10.1 Å². The van der Waals surface area contributed by atoms with Crippen LogP contribution in [0, 0.1) is 0 Å². The van der Waals surface area contributed by atoms with Crippen LogP contribution in [0.5, 0.6) is 11.5 Å². The van der Waals surface area contributed by atoms with Crippen LogP contribution in [0.4, 0.5) is 0 Å². The molecule has 2 rings (SSSR count). The summed E-state index contributed by atoms with van der Waals surface area (Å²) in [6.45, 7) is 0.234. The molecule has 0 aliphatic carbocycles. The monoisotopic (exact) mass is 325 g/mol. The Morgan fingerprint density at radius 1 is 1.24 bits per heavy atom. The van der Waals surface area contributed by atoms with Crippen LogP contribution in [0.3, 0.4) is 0 Å². The van der Waals surface area contributed by atoms with Crippen LogP contribution in [-0.2, 0) is 6.54 Å². The Morgan fingerprint density at radius 3 is 2.48 bits per heavy atom. The van der Waals surface area contributed by atoms with Crippen molar-refractivity contribution < 1.29 is 14.6 Å². The first-order chi connectivity index (χ1) is 10.0. The molecule has 0 atom stereocenters. The second-order valence-corrected chi connectivity index (χ2v) is 5.10. The highest BCUT2D eigenvalue weighted by Crippen LogP contribution is 2.27. The number of methoxy groups -OCH3 is 1. The van der Waals surface area contributed by atoms with Gasteiger partial charge in [-0.05, 0) is 29.8 Å². The first-order valence-electron chi connectivity index (χ1n) is 6.11. The number of amides is 1. The summed E-state index contributed by atoms with van der Waals surface area (Å²) < 4.78 is 4.95. The van der Waals surface area contributed by atoms with Crippen molar-refractivity contribution in [2.24, 2.45) is 0 Å². The van der Waals surface area contributed by atoms with Gasteiger partial charge >= 0.3 is 0 Å². The number of carbonyl (C=O) groups is 1. The van der Waals surface area contributed by atoms with E-state index in [0.717, 1.165) is 5.56 Å². The number of phenols is 1. The van der Waals surface area contributed by atoms with E-state index in [4.69, 9.17) is 27.9 Å². The molecular formula is C15H13Cl2NO3. The Labute approximate surface area is 132 Å². The van der Waals surface area contributed by atoms with Gasteiger partial charge < -0.3 is 15.2 Å². The van der Waals surface area contributed by atoms with Gasteiger partial charge in [-0.15, -0.1) is 0 Å². The topological polar surface area (TPSA) is 58.6 Å². The summed E-state index contributed by atoms with van der Waals surface area (Å²) >= 11 is 11.9. The predicted molar refractivity (Wildman–Crippen MR) is 82.3 cm³/mol. The van der Waals surface area contributed by atoms with Crippen molar-refractivity contribution in [3.63, 3.8) is 0 Å². The lowest BCUT2D eigenvalue weighted by atomic mass is 10.1. The maximum Gasteiger partial charge on any atom is 0.254 e. The lowest BCUT2D eigenvalue weighted by molar-refractivity contribution is 0.0951. The number of hydrogen-bond acceptors (Lipinski definition) is 3. The van der Waals surface area contributed by atoms with Gasteiger partial charge in [-0.1, -0.05) is 35.3 Å². The number of hydrogen-bond donors (Lipinski definition) is 2. The number of phenolic OH excluding ortho intramolecular Hbond substituents is 1. The first-order valence-corrected chi connectivity index (χ1v) is 6.86.